The molecule has 2 unspecified atom stereocenters. The normalized spacial score (nSPS) is 18.5. The Morgan fingerprint density at radius 1 is 1.24 bits per heavy atom. The number of aryl methyl sites for hydroxylation is 1. The number of carbonyl (C=O) groups is 1. The largest absolute Gasteiger partial charge is 0.443 e. The van der Waals surface area contributed by atoms with Gasteiger partial charge in [0.15, 0.2) is 0 Å². The van der Waals surface area contributed by atoms with Gasteiger partial charge in [-0.15, -0.1) is 11.3 Å². The summed E-state index contributed by atoms with van der Waals surface area (Å²) in [6.45, 7) is 7.16. The molecule has 13 heteroatoms. The predicted molar refractivity (Wildman–Crippen MR) is 116 cm³/mol. The maximum atomic E-state index is 13.2. The van der Waals surface area contributed by atoms with Crippen molar-refractivity contribution in [2.75, 3.05) is 13.7 Å². The average molecular weight is 493 g/mol. The molecule has 1 aliphatic carbocycles. The zero-order valence-electron chi connectivity index (χ0n) is 19.0. The van der Waals surface area contributed by atoms with Crippen LogP contribution in [0.25, 0.3) is 10.2 Å². The number of hydrazine groups is 1. The Labute approximate surface area is 191 Å². The molecule has 33 heavy (non-hydrogen) atoms. The van der Waals surface area contributed by atoms with Gasteiger partial charge in [-0.2, -0.15) is 13.2 Å². The van der Waals surface area contributed by atoms with Gasteiger partial charge < -0.3 is 9.47 Å². The Kier molecular flexibility index (Phi) is 6.97. The lowest BCUT2D eigenvalue weighted by atomic mass is 10.2. The molecule has 0 aromatic carbocycles. The lowest BCUT2D eigenvalue weighted by Gasteiger charge is -2.19. The maximum absolute atomic E-state index is 13.2. The molecule has 2 N–H and O–H groups in total. The van der Waals surface area contributed by atoms with Crippen LogP contribution in [0.1, 0.15) is 43.7 Å². The van der Waals surface area contributed by atoms with E-state index < -0.39 is 41.1 Å². The summed E-state index contributed by atoms with van der Waals surface area (Å²) in [6.07, 6.45) is -5.46. The SMILES string of the molecule is COCCn1c(=O)n(C2CC2C(F)(F)F)c(=O)c2c(C)c(CNNC(=O)OC(C)(C)C)sc21. The van der Waals surface area contributed by atoms with Gasteiger partial charge in [0.05, 0.1) is 30.5 Å². The molecule has 2 atom stereocenters. The van der Waals surface area contributed by atoms with E-state index in [2.05, 4.69) is 10.9 Å². The van der Waals surface area contributed by atoms with Gasteiger partial charge in [0.2, 0.25) is 0 Å². The highest BCUT2D eigenvalue weighted by Gasteiger charge is 2.57. The van der Waals surface area contributed by atoms with Gasteiger partial charge in [-0.1, -0.05) is 0 Å². The number of methoxy groups -OCH3 is 1. The van der Waals surface area contributed by atoms with Crippen LogP contribution in [0.4, 0.5) is 18.0 Å². The smallest absolute Gasteiger partial charge is 0.422 e. The van der Waals surface area contributed by atoms with Crippen LogP contribution in [0, 0.1) is 12.8 Å². The number of alkyl halides is 3. The number of halogens is 3. The third kappa shape index (κ3) is 5.41. The van der Waals surface area contributed by atoms with Crippen molar-refractivity contribution in [2.24, 2.45) is 5.92 Å². The van der Waals surface area contributed by atoms with Gasteiger partial charge in [-0.25, -0.2) is 15.0 Å². The molecule has 2 aromatic rings. The highest BCUT2D eigenvalue weighted by Crippen LogP contribution is 2.52. The number of hydrogen-bond acceptors (Lipinski definition) is 7. The molecule has 3 rings (SSSR count). The number of fused-ring (bicyclic) bond motifs is 1. The third-order valence-corrected chi connectivity index (χ3v) is 6.52. The summed E-state index contributed by atoms with van der Waals surface area (Å²) in [6, 6.07) is -1.21. The second kappa shape index (κ2) is 9.11. The standard InChI is InChI=1S/C20H27F3N4O5S/c1-10-13(9-24-25-17(29)32-19(2,3)4)33-16-14(10)15(28)27(12-8-11(12)20(21,22)23)18(30)26(16)6-7-31-5/h11-12,24H,6-9H2,1-5H3,(H,25,29). The molecule has 1 aliphatic rings. The van der Waals surface area contributed by atoms with Crippen LogP contribution in [0.5, 0.6) is 0 Å². The molecule has 1 fully saturated rings. The molecular weight excluding hydrogens is 465 g/mol. The second-order valence-electron chi connectivity index (χ2n) is 8.86. The molecule has 0 bridgehead atoms. The summed E-state index contributed by atoms with van der Waals surface area (Å²) in [5.41, 5.74) is 3.44. The minimum Gasteiger partial charge on any atom is -0.443 e. The van der Waals surface area contributed by atoms with Gasteiger partial charge >= 0.3 is 18.0 Å². The molecule has 184 valence electrons. The number of nitrogens with zero attached hydrogens (tertiary/aromatic N) is 2. The number of hydrogen-bond donors (Lipinski definition) is 2. The number of amides is 1. The first-order valence-electron chi connectivity index (χ1n) is 10.3. The van der Waals surface area contributed by atoms with Crippen molar-refractivity contribution in [1.29, 1.82) is 0 Å². The quantitative estimate of drug-likeness (QED) is 0.577. The number of aromatic nitrogens is 2. The zero-order valence-corrected chi connectivity index (χ0v) is 19.8. The number of ether oxygens (including phenoxy) is 2. The molecule has 9 nitrogen and oxygen atoms in total. The topological polar surface area (TPSA) is 104 Å². The summed E-state index contributed by atoms with van der Waals surface area (Å²) in [5, 5.41) is 0.192. The van der Waals surface area contributed by atoms with Crippen molar-refractivity contribution >= 4 is 27.6 Å². The Balaban J connectivity index is 1.97. The minimum absolute atomic E-state index is 0.0818. The molecule has 2 aromatic heterocycles. The fourth-order valence-corrected chi connectivity index (χ4v) is 4.83. The summed E-state index contributed by atoms with van der Waals surface area (Å²) in [5.74, 6) is -1.71. The van der Waals surface area contributed by atoms with Crippen molar-refractivity contribution in [3.8, 4) is 0 Å². The van der Waals surface area contributed by atoms with E-state index in [9.17, 15) is 27.6 Å². The summed E-state index contributed by atoms with van der Waals surface area (Å²) >= 11 is 1.16. The van der Waals surface area contributed by atoms with Gasteiger partial charge in [-0.05, 0) is 39.7 Å². The van der Waals surface area contributed by atoms with Crippen molar-refractivity contribution in [3.63, 3.8) is 0 Å². The molecule has 2 heterocycles. The van der Waals surface area contributed by atoms with Crippen LogP contribution >= 0.6 is 11.3 Å². The minimum atomic E-state index is -4.48. The van der Waals surface area contributed by atoms with E-state index in [1.54, 1.807) is 27.7 Å². The van der Waals surface area contributed by atoms with Crippen molar-refractivity contribution in [2.45, 2.75) is 65.0 Å². The molecule has 0 aliphatic heterocycles. The van der Waals surface area contributed by atoms with Crippen molar-refractivity contribution in [1.82, 2.24) is 20.0 Å². The summed E-state index contributed by atoms with van der Waals surface area (Å²) < 4.78 is 51.7. The number of rotatable bonds is 7. The number of nitrogens with one attached hydrogen (secondary N) is 2. The van der Waals surface area contributed by atoms with E-state index in [0.29, 0.717) is 15.3 Å². The van der Waals surface area contributed by atoms with Crippen LogP contribution in [0.15, 0.2) is 9.59 Å². The Morgan fingerprint density at radius 2 is 1.91 bits per heavy atom. The van der Waals surface area contributed by atoms with E-state index >= 15 is 0 Å². The zero-order chi connectivity index (χ0) is 24.7. The first-order valence-corrected chi connectivity index (χ1v) is 11.1. The lowest BCUT2D eigenvalue weighted by Crippen LogP contribution is -2.41. The molecule has 1 saturated carbocycles. The first-order chi connectivity index (χ1) is 15.3. The Morgan fingerprint density at radius 3 is 2.45 bits per heavy atom. The van der Waals surface area contributed by atoms with Crippen LogP contribution in [0.2, 0.25) is 0 Å². The molecule has 0 radical (unpaired) electrons. The van der Waals surface area contributed by atoms with Crippen LogP contribution < -0.4 is 22.1 Å². The van der Waals surface area contributed by atoms with E-state index in [1.165, 1.54) is 11.7 Å². The third-order valence-electron chi connectivity index (χ3n) is 5.21. The van der Waals surface area contributed by atoms with E-state index in [4.69, 9.17) is 9.47 Å². The van der Waals surface area contributed by atoms with Gasteiger partial charge in [0.1, 0.15) is 10.4 Å². The lowest BCUT2D eigenvalue weighted by molar-refractivity contribution is -0.150. The highest BCUT2D eigenvalue weighted by atomic mass is 32.1. The monoisotopic (exact) mass is 492 g/mol. The summed E-state index contributed by atoms with van der Waals surface area (Å²) in [4.78, 5) is 39.0. The number of carbonyl (C=O) groups excluding carboxylic acids is 1. The fraction of sp³-hybridized carbons (Fsp3) is 0.650. The highest BCUT2D eigenvalue weighted by molar-refractivity contribution is 7.18. The van der Waals surface area contributed by atoms with Gasteiger partial charge in [-0.3, -0.25) is 19.4 Å². The number of thiophene rings is 1. The Hall–Kier alpha value is -2.38. The van der Waals surface area contributed by atoms with Crippen molar-refractivity contribution < 1.29 is 27.4 Å². The molecule has 0 spiro atoms. The summed E-state index contributed by atoms with van der Waals surface area (Å²) in [7, 11) is 1.44. The van der Waals surface area contributed by atoms with Gasteiger partial charge in [0.25, 0.3) is 5.56 Å². The van der Waals surface area contributed by atoms with E-state index in [0.717, 1.165) is 15.9 Å². The van der Waals surface area contributed by atoms with Gasteiger partial charge in [0, 0.05) is 18.5 Å². The molecular formula is C20H27F3N4O5S. The second-order valence-corrected chi connectivity index (χ2v) is 9.95. The van der Waals surface area contributed by atoms with E-state index in [1.807, 2.05) is 0 Å². The van der Waals surface area contributed by atoms with Crippen molar-refractivity contribution in [3.05, 3.63) is 31.3 Å². The van der Waals surface area contributed by atoms with Crippen LogP contribution in [0.3, 0.4) is 0 Å². The fourth-order valence-electron chi connectivity index (χ4n) is 3.57. The average Bonchev–Trinajstić information content (AvgIpc) is 3.39. The van der Waals surface area contributed by atoms with Crippen LogP contribution in [-0.4, -0.2) is 40.7 Å². The Bertz CT molecular complexity index is 1160. The predicted octanol–water partition coefficient (Wildman–Crippen LogP) is 2.83. The maximum Gasteiger partial charge on any atom is 0.422 e. The first kappa shape index (κ1) is 25.2. The molecule has 1 amide bonds. The molecule has 0 saturated heterocycles. The van der Waals surface area contributed by atoms with Crippen LogP contribution in [-0.2, 0) is 22.6 Å². The van der Waals surface area contributed by atoms with E-state index in [-0.39, 0.29) is 31.5 Å².